The molecule has 1 saturated carbocycles. The number of allylic oxidation sites excluding steroid dienone is 2. The van der Waals surface area contributed by atoms with Gasteiger partial charge in [0, 0.05) is 0 Å². The van der Waals surface area contributed by atoms with E-state index in [1.807, 2.05) is 60.7 Å². The Morgan fingerprint density at radius 3 is 2.18 bits per heavy atom. The maximum absolute atomic E-state index is 14.1. The Morgan fingerprint density at radius 2 is 1.52 bits per heavy atom. The predicted octanol–water partition coefficient (Wildman–Crippen LogP) is 6.72. The van der Waals surface area contributed by atoms with Gasteiger partial charge in [-0.25, -0.2) is 8.42 Å². The molecule has 3 aromatic rings. The van der Waals surface area contributed by atoms with Crippen molar-refractivity contribution in [3.8, 4) is 5.75 Å². The number of methoxy groups -OCH3 is 1. The molecule has 5 rings (SSSR count). The van der Waals surface area contributed by atoms with E-state index in [-0.39, 0.29) is 0 Å². The van der Waals surface area contributed by atoms with Gasteiger partial charge < -0.3 is 4.74 Å². The Labute approximate surface area is 196 Å². The molecule has 1 atom stereocenters. The molecule has 0 aromatic heterocycles. The van der Waals surface area contributed by atoms with E-state index in [0.717, 1.165) is 52.9 Å². The number of ether oxygens (including phenoxy) is 1. The number of rotatable bonds is 5. The van der Waals surface area contributed by atoms with Crippen molar-refractivity contribution in [1.82, 2.24) is 0 Å². The second-order valence-electron chi connectivity index (χ2n) is 8.86. The zero-order chi connectivity index (χ0) is 22.9. The van der Waals surface area contributed by atoms with Gasteiger partial charge >= 0.3 is 0 Å². The number of hydrogen-bond donors (Lipinski definition) is 0. The van der Waals surface area contributed by atoms with Crippen LogP contribution in [0.5, 0.6) is 5.75 Å². The summed E-state index contributed by atoms with van der Waals surface area (Å²) in [7, 11) is -1.89. The summed E-state index contributed by atoms with van der Waals surface area (Å²) < 4.78 is 32.7. The molecule has 168 valence electrons. The lowest BCUT2D eigenvalue weighted by Crippen LogP contribution is -2.47. The molecule has 0 radical (unpaired) electrons. The molecule has 0 bridgehead atoms. The lowest BCUT2D eigenvalue weighted by Gasteiger charge is -2.46. The summed E-state index contributed by atoms with van der Waals surface area (Å²) >= 11 is 0. The van der Waals surface area contributed by atoms with Gasteiger partial charge in [0.05, 0.1) is 12.0 Å². The molecule has 2 aliphatic rings. The van der Waals surface area contributed by atoms with Gasteiger partial charge in [-0.05, 0) is 77.8 Å². The van der Waals surface area contributed by atoms with Crippen LogP contribution in [0, 0.1) is 0 Å². The van der Waals surface area contributed by atoms with E-state index in [0.29, 0.717) is 17.7 Å². The molecular weight excluding hydrogens is 428 g/mol. The van der Waals surface area contributed by atoms with Crippen LogP contribution in [0.4, 0.5) is 0 Å². The normalized spacial score (nSPS) is 21.8. The van der Waals surface area contributed by atoms with Crippen LogP contribution >= 0.6 is 0 Å². The van der Waals surface area contributed by atoms with E-state index in [9.17, 15) is 8.42 Å². The van der Waals surface area contributed by atoms with E-state index in [2.05, 4.69) is 18.2 Å². The summed E-state index contributed by atoms with van der Waals surface area (Å²) in [5.74, 6) is 0.799. The minimum atomic E-state index is -3.55. The fourth-order valence-corrected chi connectivity index (χ4v) is 7.54. The molecule has 0 N–H and O–H groups in total. The Balaban J connectivity index is 1.72. The number of hydrogen-bond acceptors (Lipinski definition) is 3. The fraction of sp³-hybridized carbons (Fsp3) is 0.241. The van der Waals surface area contributed by atoms with Gasteiger partial charge in [0.25, 0.3) is 0 Å². The van der Waals surface area contributed by atoms with Crippen molar-refractivity contribution in [3.05, 3.63) is 107 Å². The van der Waals surface area contributed by atoms with E-state index in [4.69, 9.17) is 4.74 Å². The van der Waals surface area contributed by atoms with Gasteiger partial charge in [-0.1, -0.05) is 73.2 Å². The molecular formula is C29H28O3S. The third-order valence-corrected chi connectivity index (χ3v) is 9.44. The summed E-state index contributed by atoms with van der Waals surface area (Å²) in [5, 5.41) is 0. The quantitative estimate of drug-likeness (QED) is 0.428. The SMILES string of the molecule is COc1ccc(C2=C3/C(=C/c4ccccc4)CCCCC3(S(=O)(=O)c3ccccc3)C2)cc1. The molecule has 0 saturated heterocycles. The zero-order valence-electron chi connectivity index (χ0n) is 18.8. The topological polar surface area (TPSA) is 43.4 Å². The first-order chi connectivity index (χ1) is 16.0. The lowest BCUT2D eigenvalue weighted by molar-refractivity contribution is 0.414. The monoisotopic (exact) mass is 456 g/mol. The minimum absolute atomic E-state index is 0.414. The first-order valence-electron chi connectivity index (χ1n) is 11.5. The van der Waals surface area contributed by atoms with Crippen LogP contribution in [-0.4, -0.2) is 20.3 Å². The highest BCUT2D eigenvalue weighted by Crippen LogP contribution is 2.58. The average Bonchev–Trinajstić information content (AvgIpc) is 2.97. The van der Waals surface area contributed by atoms with Crippen LogP contribution in [0.15, 0.2) is 101 Å². The van der Waals surface area contributed by atoms with Crippen molar-refractivity contribution in [3.63, 3.8) is 0 Å². The highest BCUT2D eigenvalue weighted by Gasteiger charge is 2.56. The molecule has 0 amide bonds. The number of benzene rings is 3. The molecule has 0 spiro atoms. The fourth-order valence-electron chi connectivity index (χ4n) is 5.30. The van der Waals surface area contributed by atoms with E-state index in [1.165, 1.54) is 0 Å². The summed E-state index contributed by atoms with van der Waals surface area (Å²) in [6.45, 7) is 0. The first kappa shape index (κ1) is 21.7. The zero-order valence-corrected chi connectivity index (χ0v) is 19.6. The maximum atomic E-state index is 14.1. The van der Waals surface area contributed by atoms with Gasteiger partial charge in [-0.2, -0.15) is 0 Å². The van der Waals surface area contributed by atoms with Crippen LogP contribution in [-0.2, 0) is 9.84 Å². The minimum Gasteiger partial charge on any atom is -0.497 e. The molecule has 3 aromatic carbocycles. The number of fused-ring (bicyclic) bond motifs is 1. The smallest absolute Gasteiger partial charge is 0.188 e. The molecule has 1 fully saturated rings. The summed E-state index contributed by atoms with van der Waals surface area (Å²) in [6.07, 6.45) is 6.17. The number of sulfone groups is 1. The average molecular weight is 457 g/mol. The Morgan fingerprint density at radius 1 is 0.848 bits per heavy atom. The van der Waals surface area contributed by atoms with Crippen molar-refractivity contribution in [2.75, 3.05) is 7.11 Å². The van der Waals surface area contributed by atoms with Crippen LogP contribution in [0.25, 0.3) is 11.6 Å². The van der Waals surface area contributed by atoms with Gasteiger partial charge in [-0.15, -0.1) is 0 Å². The van der Waals surface area contributed by atoms with Gasteiger partial charge in [0.1, 0.15) is 10.5 Å². The van der Waals surface area contributed by atoms with E-state index < -0.39 is 14.6 Å². The third kappa shape index (κ3) is 3.72. The molecule has 0 heterocycles. The van der Waals surface area contributed by atoms with Gasteiger partial charge in [-0.3, -0.25) is 0 Å². The van der Waals surface area contributed by atoms with Gasteiger partial charge in [0.2, 0.25) is 0 Å². The molecule has 1 unspecified atom stereocenters. The van der Waals surface area contributed by atoms with Gasteiger partial charge in [0.15, 0.2) is 9.84 Å². The Kier molecular flexibility index (Phi) is 5.71. The molecule has 0 aliphatic heterocycles. The first-order valence-corrected chi connectivity index (χ1v) is 13.0. The van der Waals surface area contributed by atoms with Crippen molar-refractivity contribution in [1.29, 1.82) is 0 Å². The highest BCUT2D eigenvalue weighted by molar-refractivity contribution is 7.93. The van der Waals surface area contributed by atoms with Crippen LogP contribution in [0.1, 0.15) is 43.2 Å². The Hall–Kier alpha value is -3.11. The highest BCUT2D eigenvalue weighted by atomic mass is 32.2. The van der Waals surface area contributed by atoms with Crippen LogP contribution in [0.2, 0.25) is 0 Å². The molecule has 2 aliphatic carbocycles. The lowest BCUT2D eigenvalue weighted by atomic mass is 9.69. The largest absolute Gasteiger partial charge is 0.497 e. The maximum Gasteiger partial charge on any atom is 0.188 e. The molecule has 4 heteroatoms. The van der Waals surface area contributed by atoms with Crippen molar-refractivity contribution in [2.45, 2.75) is 41.7 Å². The second-order valence-corrected chi connectivity index (χ2v) is 11.1. The Bertz CT molecular complexity index is 1300. The van der Waals surface area contributed by atoms with E-state index >= 15 is 0 Å². The summed E-state index contributed by atoms with van der Waals surface area (Å²) in [5.41, 5.74) is 5.48. The van der Waals surface area contributed by atoms with Crippen molar-refractivity contribution in [2.24, 2.45) is 0 Å². The third-order valence-electron chi connectivity index (χ3n) is 6.96. The van der Waals surface area contributed by atoms with Crippen molar-refractivity contribution < 1.29 is 13.2 Å². The van der Waals surface area contributed by atoms with E-state index in [1.54, 1.807) is 19.2 Å². The van der Waals surface area contributed by atoms with Crippen LogP contribution < -0.4 is 4.74 Å². The standard InChI is InChI=1S/C29H28O3S/c1-32-25-17-15-23(16-18-25)27-21-29(33(30,31)26-13-6-3-7-14-26)19-9-8-12-24(28(27)29)20-22-10-4-2-5-11-22/h2-7,10-11,13-18,20H,8-9,12,19,21H2,1H3/b24-20+. The molecule has 3 nitrogen and oxygen atoms in total. The summed E-state index contributed by atoms with van der Waals surface area (Å²) in [6, 6.07) is 27.2. The summed E-state index contributed by atoms with van der Waals surface area (Å²) in [4.78, 5) is 0.414. The van der Waals surface area contributed by atoms with Crippen LogP contribution in [0.3, 0.4) is 0 Å². The molecule has 33 heavy (non-hydrogen) atoms. The predicted molar refractivity (Wildman–Crippen MR) is 134 cm³/mol. The second kappa shape index (κ2) is 8.68. The van der Waals surface area contributed by atoms with Crippen molar-refractivity contribution >= 4 is 21.5 Å².